The smallest absolute Gasteiger partial charge is 0.319 e. The van der Waals surface area contributed by atoms with Crippen molar-refractivity contribution in [1.82, 2.24) is 15.1 Å². The minimum absolute atomic E-state index is 0.0181. The van der Waals surface area contributed by atoms with Gasteiger partial charge >= 0.3 is 6.03 Å². The van der Waals surface area contributed by atoms with Gasteiger partial charge in [-0.25, -0.2) is 4.79 Å². The van der Waals surface area contributed by atoms with Crippen LogP contribution in [0.4, 0.5) is 10.5 Å². The molecule has 8 heteroatoms. The Hall–Kier alpha value is -2.32. The van der Waals surface area contributed by atoms with E-state index >= 15 is 0 Å². The van der Waals surface area contributed by atoms with Crippen LogP contribution in [0.1, 0.15) is 33.3 Å². The summed E-state index contributed by atoms with van der Waals surface area (Å²) in [6.07, 6.45) is 0.0173. The predicted octanol–water partition coefficient (Wildman–Crippen LogP) is 1.93. The first-order valence-electron chi connectivity index (χ1n) is 10.5. The molecule has 0 saturated heterocycles. The third kappa shape index (κ3) is 6.60. The van der Waals surface area contributed by atoms with Crippen LogP contribution in [0.3, 0.4) is 0 Å². The van der Waals surface area contributed by atoms with E-state index in [1.165, 1.54) is 0 Å². The number of anilines is 1. The summed E-state index contributed by atoms with van der Waals surface area (Å²) in [4.78, 5) is 28.9. The molecule has 30 heavy (non-hydrogen) atoms. The van der Waals surface area contributed by atoms with E-state index in [2.05, 4.69) is 22.5 Å². The first-order valence-corrected chi connectivity index (χ1v) is 10.5. The Morgan fingerprint density at radius 3 is 2.63 bits per heavy atom. The molecule has 0 aliphatic carbocycles. The van der Waals surface area contributed by atoms with Crippen molar-refractivity contribution >= 4 is 17.6 Å². The molecule has 0 spiro atoms. The predicted molar refractivity (Wildman–Crippen MR) is 118 cm³/mol. The molecule has 0 bridgehead atoms. The largest absolute Gasteiger partial charge is 0.488 e. The van der Waals surface area contributed by atoms with Crippen molar-refractivity contribution < 1.29 is 19.4 Å². The number of carbonyl (C=O) groups is 2. The van der Waals surface area contributed by atoms with Gasteiger partial charge in [-0.3, -0.25) is 4.79 Å². The molecule has 0 saturated carbocycles. The zero-order valence-electron chi connectivity index (χ0n) is 18.9. The monoisotopic (exact) mass is 420 g/mol. The fraction of sp³-hybridized carbons (Fsp3) is 0.636. The van der Waals surface area contributed by atoms with E-state index < -0.39 is 0 Å². The summed E-state index contributed by atoms with van der Waals surface area (Å²) in [6.45, 7) is 8.80. The van der Waals surface area contributed by atoms with Crippen molar-refractivity contribution in [3.05, 3.63) is 23.8 Å². The SMILES string of the molecule is CC(C)NC(=O)Nc1ccc2c(c1)CC(=O)N([C@H](C)CO)C[C@@H](C)[C@H](CN(C)C)O2. The lowest BCUT2D eigenvalue weighted by molar-refractivity contribution is -0.134. The molecule has 0 aromatic heterocycles. The average molecular weight is 421 g/mol. The second-order valence-corrected chi connectivity index (χ2v) is 8.73. The lowest BCUT2D eigenvalue weighted by Gasteiger charge is -2.33. The number of rotatable bonds is 6. The van der Waals surface area contributed by atoms with Gasteiger partial charge in [0.05, 0.1) is 19.1 Å². The van der Waals surface area contributed by atoms with E-state index in [1.54, 1.807) is 17.0 Å². The maximum atomic E-state index is 13.1. The Kier molecular flexibility index (Phi) is 8.49. The minimum atomic E-state index is -0.296. The Balaban J connectivity index is 2.37. The van der Waals surface area contributed by atoms with Gasteiger partial charge in [0.25, 0.3) is 0 Å². The van der Waals surface area contributed by atoms with Crippen molar-refractivity contribution in [3.63, 3.8) is 0 Å². The quantitative estimate of drug-likeness (QED) is 0.654. The number of likely N-dealkylation sites (N-methyl/N-ethyl adjacent to an activating group) is 1. The van der Waals surface area contributed by atoms with Gasteiger partial charge in [-0.1, -0.05) is 6.92 Å². The van der Waals surface area contributed by atoms with E-state index in [0.29, 0.717) is 24.5 Å². The summed E-state index contributed by atoms with van der Waals surface area (Å²) in [6, 6.07) is 4.83. The van der Waals surface area contributed by atoms with Gasteiger partial charge in [-0.2, -0.15) is 0 Å². The third-order valence-corrected chi connectivity index (χ3v) is 5.14. The molecular weight excluding hydrogens is 384 g/mol. The Morgan fingerprint density at radius 1 is 1.33 bits per heavy atom. The molecule has 8 nitrogen and oxygen atoms in total. The van der Waals surface area contributed by atoms with Crippen LogP contribution >= 0.6 is 0 Å². The van der Waals surface area contributed by atoms with E-state index in [0.717, 1.165) is 5.56 Å². The number of fused-ring (bicyclic) bond motifs is 1. The number of aliphatic hydroxyl groups excluding tert-OH is 1. The van der Waals surface area contributed by atoms with Gasteiger partial charge in [0.15, 0.2) is 0 Å². The molecular formula is C22H36N4O4. The van der Waals surface area contributed by atoms with Gasteiger partial charge < -0.3 is 30.3 Å². The number of hydrogen-bond donors (Lipinski definition) is 3. The van der Waals surface area contributed by atoms with Crippen LogP contribution in [0.2, 0.25) is 0 Å². The zero-order chi connectivity index (χ0) is 22.4. The van der Waals surface area contributed by atoms with Crippen LogP contribution in [-0.4, -0.2) is 78.8 Å². The van der Waals surface area contributed by atoms with Crippen molar-refractivity contribution in [3.8, 4) is 5.75 Å². The van der Waals surface area contributed by atoms with Crippen LogP contribution in [-0.2, 0) is 11.2 Å². The fourth-order valence-electron chi connectivity index (χ4n) is 3.51. The Bertz CT molecular complexity index is 738. The highest BCUT2D eigenvalue weighted by atomic mass is 16.5. The normalized spacial score (nSPS) is 20.7. The highest BCUT2D eigenvalue weighted by molar-refractivity contribution is 5.90. The summed E-state index contributed by atoms with van der Waals surface area (Å²) in [5.41, 5.74) is 1.32. The number of hydrogen-bond acceptors (Lipinski definition) is 5. The van der Waals surface area contributed by atoms with Gasteiger partial charge in [0.2, 0.25) is 5.91 Å². The first kappa shape index (κ1) is 24.0. The molecule has 0 unspecified atom stereocenters. The van der Waals surface area contributed by atoms with Crippen LogP contribution in [0.25, 0.3) is 0 Å². The first-order chi connectivity index (χ1) is 14.1. The van der Waals surface area contributed by atoms with Gasteiger partial charge in [-0.15, -0.1) is 0 Å². The van der Waals surface area contributed by atoms with E-state index in [1.807, 2.05) is 40.9 Å². The maximum absolute atomic E-state index is 13.1. The molecule has 0 radical (unpaired) electrons. The summed E-state index contributed by atoms with van der Waals surface area (Å²) < 4.78 is 6.36. The van der Waals surface area contributed by atoms with Gasteiger partial charge in [-0.05, 0) is 53.1 Å². The average Bonchev–Trinajstić information content (AvgIpc) is 2.69. The number of ether oxygens (including phenoxy) is 1. The number of urea groups is 1. The summed E-state index contributed by atoms with van der Waals surface area (Å²) in [5, 5.41) is 15.3. The van der Waals surface area contributed by atoms with Gasteiger partial charge in [0.1, 0.15) is 11.9 Å². The number of amides is 3. The summed E-state index contributed by atoms with van der Waals surface area (Å²) in [7, 11) is 3.98. The van der Waals surface area contributed by atoms with E-state index in [9.17, 15) is 14.7 Å². The molecule has 0 fully saturated rings. The van der Waals surface area contributed by atoms with E-state index in [-0.39, 0.29) is 49.1 Å². The number of benzene rings is 1. The van der Waals surface area contributed by atoms with Gasteiger partial charge in [0, 0.05) is 36.3 Å². The lowest BCUT2D eigenvalue weighted by atomic mass is 10.0. The second-order valence-electron chi connectivity index (χ2n) is 8.73. The van der Waals surface area contributed by atoms with Crippen LogP contribution in [0.5, 0.6) is 5.75 Å². The maximum Gasteiger partial charge on any atom is 0.319 e. The number of nitrogens with zero attached hydrogens (tertiary/aromatic N) is 2. The fourth-order valence-corrected chi connectivity index (χ4v) is 3.51. The highest BCUT2D eigenvalue weighted by Crippen LogP contribution is 2.29. The van der Waals surface area contributed by atoms with Crippen molar-refractivity contribution in [1.29, 1.82) is 0 Å². The minimum Gasteiger partial charge on any atom is -0.488 e. The molecule has 1 aromatic rings. The number of carbonyl (C=O) groups excluding carboxylic acids is 2. The Labute approximate surface area is 179 Å². The number of nitrogens with one attached hydrogen (secondary N) is 2. The molecule has 3 amide bonds. The molecule has 1 aliphatic rings. The molecule has 1 aliphatic heterocycles. The molecule has 1 aromatic carbocycles. The summed E-state index contributed by atoms with van der Waals surface area (Å²) >= 11 is 0. The highest BCUT2D eigenvalue weighted by Gasteiger charge is 2.30. The summed E-state index contributed by atoms with van der Waals surface area (Å²) in [5.74, 6) is 0.656. The van der Waals surface area contributed by atoms with Crippen LogP contribution in [0.15, 0.2) is 18.2 Å². The van der Waals surface area contributed by atoms with Crippen molar-refractivity contribution in [2.75, 3.05) is 39.1 Å². The topological polar surface area (TPSA) is 94.1 Å². The molecule has 3 atom stereocenters. The van der Waals surface area contributed by atoms with Crippen molar-refractivity contribution in [2.45, 2.75) is 52.3 Å². The molecule has 2 rings (SSSR count). The van der Waals surface area contributed by atoms with E-state index in [4.69, 9.17) is 4.74 Å². The number of aliphatic hydroxyl groups is 1. The third-order valence-electron chi connectivity index (χ3n) is 5.14. The molecule has 168 valence electrons. The molecule has 1 heterocycles. The Morgan fingerprint density at radius 2 is 2.03 bits per heavy atom. The van der Waals surface area contributed by atoms with Crippen LogP contribution in [0, 0.1) is 5.92 Å². The zero-order valence-corrected chi connectivity index (χ0v) is 18.9. The lowest BCUT2D eigenvalue weighted by Crippen LogP contribution is -2.47. The second kappa shape index (κ2) is 10.6. The standard InChI is InChI=1S/C22H36N4O4/c1-14(2)23-22(29)24-18-7-8-19-17(9-18)10-21(28)26(16(4)13-27)11-15(3)20(30-19)12-25(5)6/h7-9,14-16,20,27H,10-13H2,1-6H3,(H2,23,24,29)/t15-,16-,20+/m1/s1. The molecule has 3 N–H and O–H groups in total. The van der Waals surface area contributed by atoms with Crippen LogP contribution < -0.4 is 15.4 Å². The van der Waals surface area contributed by atoms with Crippen molar-refractivity contribution in [2.24, 2.45) is 5.92 Å².